The van der Waals surface area contributed by atoms with E-state index in [0.717, 1.165) is 12.8 Å². The Morgan fingerprint density at radius 3 is 2.07 bits per heavy atom. The number of rotatable bonds is 10. The van der Waals surface area contributed by atoms with Gasteiger partial charge in [0.2, 0.25) is 0 Å². The van der Waals surface area contributed by atoms with E-state index in [1.165, 1.54) is 10.4 Å². The van der Waals surface area contributed by atoms with Gasteiger partial charge in [0.1, 0.15) is 13.9 Å². The number of benzene rings is 2. The van der Waals surface area contributed by atoms with Gasteiger partial charge in [0.05, 0.1) is 13.2 Å². The minimum Gasteiger partial charge on any atom is -0.348 e. The largest absolute Gasteiger partial charge is 0.348 e. The second-order valence-corrected chi connectivity index (χ2v) is 12.4. The first kappa shape index (κ1) is 21.7. The van der Waals surface area contributed by atoms with Crippen LogP contribution < -0.4 is 10.4 Å². The molecule has 1 aliphatic heterocycles. The molecule has 0 radical (unpaired) electrons. The Labute approximate surface area is 175 Å². The van der Waals surface area contributed by atoms with Crippen LogP contribution in [0.4, 0.5) is 0 Å². The van der Waals surface area contributed by atoms with E-state index in [4.69, 9.17) is 9.47 Å². The molecule has 0 bridgehead atoms. The van der Waals surface area contributed by atoms with Crippen molar-refractivity contribution in [2.45, 2.75) is 50.5 Å². The first-order chi connectivity index (χ1) is 14.0. The summed E-state index contributed by atoms with van der Waals surface area (Å²) in [5, 5.41) is 2.55. The van der Waals surface area contributed by atoms with Crippen LogP contribution in [0.5, 0.6) is 0 Å². The molecular weight excluding hydrogens is 376 g/mol. The van der Waals surface area contributed by atoms with Crippen LogP contribution in [-0.2, 0) is 14.3 Å². The van der Waals surface area contributed by atoms with E-state index in [9.17, 15) is 4.79 Å². The molecule has 0 N–H and O–H groups in total. The molecule has 3 rings (SSSR count). The smallest absolute Gasteiger partial charge is 0.166 e. The maximum atomic E-state index is 13.6. The van der Waals surface area contributed by atoms with Gasteiger partial charge in [-0.2, -0.15) is 0 Å². The summed E-state index contributed by atoms with van der Waals surface area (Å²) in [4.78, 5) is 13.6. The molecule has 0 amide bonds. The number of Topliss-reactive ketones (excluding diaryl/α,β-unsaturated/α-hetero) is 1. The Morgan fingerprint density at radius 2 is 1.59 bits per heavy atom. The second-order valence-electron chi connectivity index (χ2n) is 8.17. The van der Waals surface area contributed by atoms with Crippen LogP contribution >= 0.6 is 0 Å². The number of ketones is 1. The Bertz CT molecular complexity index is 758. The van der Waals surface area contributed by atoms with Crippen molar-refractivity contribution in [3.05, 3.63) is 73.3 Å². The fraction of sp³-hybridized carbons (Fsp3) is 0.400. The van der Waals surface area contributed by atoms with E-state index < -0.39 is 13.9 Å². The molecule has 4 heteroatoms. The average Bonchev–Trinajstić information content (AvgIpc) is 3.19. The van der Waals surface area contributed by atoms with Gasteiger partial charge in [-0.05, 0) is 19.8 Å². The maximum Gasteiger partial charge on any atom is 0.166 e. The molecule has 3 nitrogen and oxygen atoms in total. The molecular formula is C25H32O3Si. The Morgan fingerprint density at radius 1 is 1.07 bits per heavy atom. The number of ether oxygens (including phenoxy) is 2. The molecule has 1 unspecified atom stereocenters. The van der Waals surface area contributed by atoms with Crippen LogP contribution in [0.2, 0.25) is 12.1 Å². The molecule has 29 heavy (non-hydrogen) atoms. The van der Waals surface area contributed by atoms with Crippen LogP contribution in [0, 0.1) is 0 Å². The number of allylic oxidation sites excluding steroid dienone is 1. The third kappa shape index (κ3) is 4.95. The average molecular weight is 409 g/mol. The number of carbonyl (C=O) groups excluding carboxylic acids is 1. The molecule has 0 saturated carbocycles. The van der Waals surface area contributed by atoms with Crippen LogP contribution in [0.3, 0.4) is 0 Å². The topological polar surface area (TPSA) is 35.5 Å². The number of carbonyl (C=O) groups is 1. The molecule has 1 saturated heterocycles. The van der Waals surface area contributed by atoms with Crippen molar-refractivity contribution < 1.29 is 14.3 Å². The van der Waals surface area contributed by atoms with Gasteiger partial charge in [0, 0.05) is 18.4 Å². The molecule has 2 aromatic carbocycles. The van der Waals surface area contributed by atoms with Gasteiger partial charge in [-0.3, -0.25) is 4.79 Å². The second kappa shape index (κ2) is 9.66. The van der Waals surface area contributed by atoms with E-state index in [1.807, 2.05) is 25.1 Å². The molecule has 0 aliphatic carbocycles. The Hall–Kier alpha value is -2.01. The molecule has 1 fully saturated rings. The zero-order valence-corrected chi connectivity index (χ0v) is 18.6. The lowest BCUT2D eigenvalue weighted by molar-refractivity contribution is -0.151. The predicted molar refractivity (Wildman–Crippen MR) is 122 cm³/mol. The lowest BCUT2D eigenvalue weighted by Crippen LogP contribution is -2.62. The lowest BCUT2D eigenvalue weighted by Gasteiger charge is -2.39. The Kier molecular flexibility index (Phi) is 7.22. The van der Waals surface area contributed by atoms with Crippen molar-refractivity contribution in [3.63, 3.8) is 0 Å². The van der Waals surface area contributed by atoms with Crippen molar-refractivity contribution >= 4 is 24.2 Å². The van der Waals surface area contributed by atoms with Crippen LogP contribution in [0.15, 0.2) is 73.3 Å². The highest BCUT2D eigenvalue weighted by Gasteiger charge is 2.48. The number of hydrogen-bond acceptors (Lipinski definition) is 3. The summed E-state index contributed by atoms with van der Waals surface area (Å²) in [5.41, 5.74) is -0.125. The fourth-order valence-electron chi connectivity index (χ4n) is 4.42. The van der Waals surface area contributed by atoms with Crippen LogP contribution in [0.25, 0.3) is 0 Å². The van der Waals surface area contributed by atoms with Gasteiger partial charge in [0.25, 0.3) is 0 Å². The van der Waals surface area contributed by atoms with E-state index in [2.05, 4.69) is 61.7 Å². The summed E-state index contributed by atoms with van der Waals surface area (Å²) >= 11 is 0. The minimum atomic E-state index is -2.40. The highest BCUT2D eigenvalue weighted by molar-refractivity contribution is 7.04. The van der Waals surface area contributed by atoms with Crippen LogP contribution in [-0.4, -0.2) is 32.9 Å². The Balaban J connectivity index is 2.06. The van der Waals surface area contributed by atoms with Crippen molar-refractivity contribution in [1.82, 2.24) is 0 Å². The lowest BCUT2D eigenvalue weighted by atomic mass is 10.0. The van der Waals surface area contributed by atoms with E-state index in [-0.39, 0.29) is 5.54 Å². The maximum absolute atomic E-state index is 13.6. The SMILES string of the molecule is C=CCCCC(=O)C(CC1(C)OCCO1)[Si](C)(c1ccccc1)c1ccccc1. The van der Waals surface area contributed by atoms with Crippen LogP contribution in [0.1, 0.15) is 32.6 Å². The van der Waals surface area contributed by atoms with Gasteiger partial charge in [-0.15, -0.1) is 6.58 Å². The minimum absolute atomic E-state index is 0.125. The number of unbranched alkanes of at least 4 members (excludes halogenated alkanes) is 1. The van der Waals surface area contributed by atoms with Crippen molar-refractivity contribution in [3.8, 4) is 0 Å². The summed E-state index contributed by atoms with van der Waals surface area (Å²) in [6.45, 7) is 9.28. The third-order valence-corrected chi connectivity index (χ3v) is 11.1. The summed E-state index contributed by atoms with van der Waals surface area (Å²) in [6, 6.07) is 21.1. The van der Waals surface area contributed by atoms with Gasteiger partial charge in [-0.25, -0.2) is 0 Å². The van der Waals surface area contributed by atoms with Crippen molar-refractivity contribution in [2.75, 3.05) is 13.2 Å². The van der Waals surface area contributed by atoms with Crippen molar-refractivity contribution in [1.29, 1.82) is 0 Å². The summed E-state index contributed by atoms with van der Waals surface area (Å²) in [7, 11) is -2.40. The highest BCUT2D eigenvalue weighted by atomic mass is 28.3. The van der Waals surface area contributed by atoms with Gasteiger partial charge < -0.3 is 9.47 Å². The molecule has 154 valence electrons. The van der Waals surface area contributed by atoms with E-state index in [0.29, 0.717) is 31.8 Å². The van der Waals surface area contributed by atoms with Crippen molar-refractivity contribution in [2.24, 2.45) is 0 Å². The molecule has 1 heterocycles. The molecule has 0 spiro atoms. The standard InChI is InChI=1S/C25H32O3Si/c1-4-5-8-17-23(26)24(20-25(2)27-18-19-28-25)29(3,21-13-9-6-10-14-21)22-15-11-7-12-16-22/h4,6-7,9-16,24H,1,5,8,17-20H2,2-3H3. The van der Waals surface area contributed by atoms with E-state index in [1.54, 1.807) is 0 Å². The normalized spacial score (nSPS) is 17.0. The zero-order valence-electron chi connectivity index (χ0n) is 17.6. The first-order valence-electron chi connectivity index (χ1n) is 10.5. The fourth-order valence-corrected chi connectivity index (χ4v) is 8.89. The quantitative estimate of drug-likeness (QED) is 0.333. The predicted octanol–water partition coefficient (Wildman–Crippen LogP) is 4.33. The third-order valence-electron chi connectivity index (χ3n) is 6.14. The molecule has 1 aliphatic rings. The first-order valence-corrected chi connectivity index (χ1v) is 13.1. The molecule has 0 aromatic heterocycles. The zero-order chi connectivity index (χ0) is 20.7. The van der Waals surface area contributed by atoms with E-state index >= 15 is 0 Å². The van der Waals surface area contributed by atoms with Gasteiger partial charge in [0.15, 0.2) is 5.79 Å². The highest BCUT2D eigenvalue weighted by Crippen LogP contribution is 2.37. The molecule has 2 aromatic rings. The monoisotopic (exact) mass is 408 g/mol. The van der Waals surface area contributed by atoms with Gasteiger partial charge in [-0.1, -0.05) is 83.7 Å². The summed E-state index contributed by atoms with van der Waals surface area (Å²) in [5.74, 6) is -0.384. The summed E-state index contributed by atoms with van der Waals surface area (Å²) < 4.78 is 11.9. The van der Waals surface area contributed by atoms with Gasteiger partial charge >= 0.3 is 0 Å². The number of hydrogen-bond donors (Lipinski definition) is 0. The summed E-state index contributed by atoms with van der Waals surface area (Å²) in [6.07, 6.45) is 4.74. The molecule has 1 atom stereocenters.